The number of carbonyl (C=O) groups is 1. The van der Waals surface area contributed by atoms with E-state index in [-0.39, 0.29) is 17.7 Å². The SMILES string of the molecule is O=C(Nc1cc(NCc2cn3cc(C4CC4)cc(CN4CCOCC4)c3n2)ncn1)[C@H]1C[C@@H]1c1cccc(Cl)c1. The minimum absolute atomic E-state index is 0.0331. The molecule has 2 saturated carbocycles. The van der Waals surface area contributed by atoms with Gasteiger partial charge in [-0.2, -0.15) is 0 Å². The average Bonchev–Trinajstić information content (AvgIpc) is 3.89. The summed E-state index contributed by atoms with van der Waals surface area (Å²) in [7, 11) is 0. The summed E-state index contributed by atoms with van der Waals surface area (Å²) in [5.74, 6) is 1.88. The highest BCUT2D eigenvalue weighted by Crippen LogP contribution is 2.48. The minimum atomic E-state index is -0.0741. The number of pyridine rings is 1. The Balaban J connectivity index is 1.01. The maximum absolute atomic E-state index is 12.8. The molecule has 10 heteroatoms. The maximum atomic E-state index is 12.8. The van der Waals surface area contributed by atoms with Crippen LogP contribution in [0.25, 0.3) is 5.65 Å². The van der Waals surface area contributed by atoms with Gasteiger partial charge in [0.25, 0.3) is 0 Å². The highest BCUT2D eigenvalue weighted by Gasteiger charge is 2.44. The van der Waals surface area contributed by atoms with Crippen LogP contribution in [-0.4, -0.2) is 56.5 Å². The lowest BCUT2D eigenvalue weighted by Gasteiger charge is -2.26. The van der Waals surface area contributed by atoms with E-state index in [4.69, 9.17) is 21.3 Å². The number of imidazole rings is 1. The number of nitrogens with one attached hydrogen (secondary N) is 2. The summed E-state index contributed by atoms with van der Waals surface area (Å²) < 4.78 is 7.72. The van der Waals surface area contributed by atoms with Crippen LogP contribution in [0.3, 0.4) is 0 Å². The third kappa shape index (κ3) is 5.68. The lowest BCUT2D eigenvalue weighted by molar-refractivity contribution is -0.117. The molecule has 2 atom stereocenters. The topological polar surface area (TPSA) is 96.7 Å². The van der Waals surface area contributed by atoms with Gasteiger partial charge in [0.15, 0.2) is 0 Å². The molecule has 2 N–H and O–H groups in total. The lowest BCUT2D eigenvalue weighted by Crippen LogP contribution is -2.35. The quantitative estimate of drug-likeness (QED) is 0.304. The Labute approximate surface area is 237 Å². The molecular weight excluding hydrogens is 526 g/mol. The first-order valence-corrected chi connectivity index (χ1v) is 14.4. The molecular formula is C30H32ClN7O2. The Bertz CT molecular complexity index is 1550. The number of amides is 1. The number of morpholine rings is 1. The number of halogens is 1. The first-order valence-electron chi connectivity index (χ1n) is 14.0. The molecule has 1 aliphatic heterocycles. The van der Waals surface area contributed by atoms with Crippen LogP contribution in [-0.2, 0) is 22.6 Å². The summed E-state index contributed by atoms with van der Waals surface area (Å²) in [6.45, 7) is 4.86. The van der Waals surface area contributed by atoms with Crippen LogP contribution in [0.2, 0.25) is 5.02 Å². The van der Waals surface area contributed by atoms with Gasteiger partial charge in [-0.25, -0.2) is 15.0 Å². The number of fused-ring (bicyclic) bond motifs is 1. The van der Waals surface area contributed by atoms with Crippen LogP contribution in [0.4, 0.5) is 11.6 Å². The van der Waals surface area contributed by atoms with E-state index in [9.17, 15) is 4.79 Å². The lowest BCUT2D eigenvalue weighted by atomic mass is 10.1. The summed E-state index contributed by atoms with van der Waals surface area (Å²) in [4.78, 5) is 28.9. The number of benzene rings is 1. The van der Waals surface area contributed by atoms with E-state index >= 15 is 0 Å². The number of nitrogens with zero attached hydrogens (tertiary/aromatic N) is 5. The molecule has 0 unspecified atom stereocenters. The summed E-state index contributed by atoms with van der Waals surface area (Å²) in [5, 5.41) is 6.99. The van der Waals surface area contributed by atoms with Gasteiger partial charge in [-0.1, -0.05) is 23.7 Å². The molecule has 3 aliphatic rings. The predicted molar refractivity (Wildman–Crippen MR) is 154 cm³/mol. The molecule has 4 heterocycles. The average molecular weight is 558 g/mol. The van der Waals surface area contributed by atoms with E-state index < -0.39 is 0 Å². The molecule has 3 aromatic heterocycles. The van der Waals surface area contributed by atoms with Crippen LogP contribution in [0, 0.1) is 5.92 Å². The van der Waals surface area contributed by atoms with E-state index in [2.05, 4.69) is 48.4 Å². The van der Waals surface area contributed by atoms with Crippen molar-refractivity contribution < 1.29 is 9.53 Å². The number of hydrogen-bond donors (Lipinski definition) is 2. The first-order chi connectivity index (χ1) is 19.6. The second kappa shape index (κ2) is 10.8. The molecule has 206 valence electrons. The largest absolute Gasteiger partial charge is 0.379 e. The molecule has 3 fully saturated rings. The molecule has 7 rings (SSSR count). The van der Waals surface area contributed by atoms with Gasteiger partial charge >= 0.3 is 0 Å². The number of carbonyl (C=O) groups excluding carboxylic acids is 1. The van der Waals surface area contributed by atoms with E-state index in [1.807, 2.05) is 24.3 Å². The fraction of sp³-hybridized carbons (Fsp3) is 0.400. The molecule has 0 spiro atoms. The Morgan fingerprint density at radius 2 is 1.90 bits per heavy atom. The van der Waals surface area contributed by atoms with Gasteiger partial charge in [0.1, 0.15) is 23.6 Å². The van der Waals surface area contributed by atoms with E-state index in [1.165, 1.54) is 30.3 Å². The number of anilines is 2. The zero-order chi connectivity index (χ0) is 27.1. The van der Waals surface area contributed by atoms with Crippen molar-refractivity contribution in [2.75, 3.05) is 36.9 Å². The van der Waals surface area contributed by atoms with Gasteiger partial charge in [-0.3, -0.25) is 9.69 Å². The van der Waals surface area contributed by atoms with Gasteiger partial charge in [-0.05, 0) is 60.4 Å². The highest BCUT2D eigenvalue weighted by atomic mass is 35.5. The smallest absolute Gasteiger partial charge is 0.229 e. The van der Waals surface area contributed by atoms with Crippen LogP contribution < -0.4 is 10.6 Å². The molecule has 4 aromatic rings. The summed E-state index contributed by atoms with van der Waals surface area (Å²) in [6, 6.07) is 11.8. The zero-order valence-corrected chi connectivity index (χ0v) is 23.0. The molecule has 1 saturated heterocycles. The van der Waals surface area contributed by atoms with Crippen molar-refractivity contribution in [2.45, 2.75) is 44.2 Å². The monoisotopic (exact) mass is 557 g/mol. The number of ether oxygens (including phenoxy) is 1. The van der Waals surface area contributed by atoms with Crippen molar-refractivity contribution in [3.8, 4) is 0 Å². The second-order valence-electron chi connectivity index (χ2n) is 11.1. The molecule has 9 nitrogen and oxygen atoms in total. The molecule has 1 aromatic carbocycles. The van der Waals surface area contributed by atoms with Gasteiger partial charge in [-0.15, -0.1) is 0 Å². The number of hydrogen-bond acceptors (Lipinski definition) is 7. The Hall–Kier alpha value is -3.53. The molecule has 1 amide bonds. The van der Waals surface area contributed by atoms with Crippen molar-refractivity contribution in [3.63, 3.8) is 0 Å². The molecule has 2 aliphatic carbocycles. The van der Waals surface area contributed by atoms with Gasteiger partial charge in [0.05, 0.1) is 25.5 Å². The van der Waals surface area contributed by atoms with Gasteiger partial charge in [0.2, 0.25) is 5.91 Å². The van der Waals surface area contributed by atoms with E-state index in [0.29, 0.717) is 29.1 Å². The Morgan fingerprint density at radius 3 is 2.73 bits per heavy atom. The van der Waals surface area contributed by atoms with E-state index in [1.54, 1.807) is 6.07 Å². The first kappa shape index (κ1) is 25.4. The third-order valence-electron chi connectivity index (χ3n) is 8.02. The standard InChI is InChI=1S/C30H32ClN7O2/c31-23-3-1-2-20(11-23)25-12-26(25)30(39)36-28-13-27(33-18-34-28)32-14-24-17-38-16-21(19-4-5-19)10-22(29(38)35-24)15-37-6-8-40-9-7-37/h1-3,10-11,13,16-19,25-26H,4-9,12,14-15H2,(H2,32,33,34,36,39)/t25-,26+/m1/s1. The highest BCUT2D eigenvalue weighted by molar-refractivity contribution is 6.30. The van der Waals surface area contributed by atoms with Crippen molar-refractivity contribution in [1.29, 1.82) is 0 Å². The maximum Gasteiger partial charge on any atom is 0.229 e. The van der Waals surface area contributed by atoms with E-state index in [0.717, 1.165) is 56.2 Å². The number of aromatic nitrogens is 4. The summed E-state index contributed by atoms with van der Waals surface area (Å²) in [6.07, 6.45) is 9.14. The predicted octanol–water partition coefficient (Wildman–Crippen LogP) is 4.84. The fourth-order valence-corrected chi connectivity index (χ4v) is 5.80. The molecule has 0 bridgehead atoms. The van der Waals surface area contributed by atoms with Crippen LogP contribution in [0.15, 0.2) is 55.1 Å². The minimum Gasteiger partial charge on any atom is -0.379 e. The van der Waals surface area contributed by atoms with Crippen LogP contribution in [0.1, 0.15) is 53.5 Å². The Kier molecular flexibility index (Phi) is 6.87. The zero-order valence-electron chi connectivity index (χ0n) is 22.2. The van der Waals surface area contributed by atoms with Crippen molar-refractivity contribution in [3.05, 3.63) is 82.5 Å². The normalized spacial score (nSPS) is 20.9. The Morgan fingerprint density at radius 1 is 1.05 bits per heavy atom. The van der Waals surface area contributed by atoms with Gasteiger partial charge in [0, 0.05) is 54.6 Å². The van der Waals surface area contributed by atoms with Crippen molar-refractivity contribution in [1.82, 2.24) is 24.3 Å². The molecule has 40 heavy (non-hydrogen) atoms. The molecule has 0 radical (unpaired) electrons. The second-order valence-corrected chi connectivity index (χ2v) is 11.5. The fourth-order valence-electron chi connectivity index (χ4n) is 5.60. The summed E-state index contributed by atoms with van der Waals surface area (Å²) >= 11 is 6.12. The number of rotatable bonds is 9. The van der Waals surface area contributed by atoms with Crippen LogP contribution in [0.5, 0.6) is 0 Å². The third-order valence-corrected chi connectivity index (χ3v) is 8.25. The van der Waals surface area contributed by atoms with Crippen LogP contribution >= 0.6 is 11.6 Å². The summed E-state index contributed by atoms with van der Waals surface area (Å²) in [5.41, 5.74) is 5.70. The van der Waals surface area contributed by atoms with Gasteiger partial charge < -0.3 is 19.8 Å². The van der Waals surface area contributed by atoms with Crippen molar-refractivity contribution in [2.24, 2.45) is 5.92 Å². The van der Waals surface area contributed by atoms with Crippen molar-refractivity contribution >= 4 is 34.8 Å².